The predicted octanol–water partition coefficient (Wildman–Crippen LogP) is 3.05. The van der Waals surface area contributed by atoms with Crippen LogP contribution in [0.15, 0.2) is 18.2 Å². The molecular weight excluding hydrogens is 220 g/mol. The van der Waals surface area contributed by atoms with Gasteiger partial charge in [-0.05, 0) is 45.8 Å². The van der Waals surface area contributed by atoms with E-state index in [2.05, 4.69) is 56.1 Å². The molecule has 0 spiro atoms. The van der Waals surface area contributed by atoms with E-state index in [1.54, 1.807) is 0 Å². The van der Waals surface area contributed by atoms with E-state index in [1.165, 1.54) is 29.7 Å². The third kappa shape index (κ3) is 2.93. The van der Waals surface area contributed by atoms with Crippen molar-refractivity contribution in [3.8, 4) is 0 Å². The fourth-order valence-corrected chi connectivity index (χ4v) is 3.21. The van der Waals surface area contributed by atoms with Crippen molar-refractivity contribution in [3.05, 3.63) is 34.9 Å². The van der Waals surface area contributed by atoms with Gasteiger partial charge in [0.05, 0.1) is 0 Å². The number of likely N-dealkylation sites (N-methyl/N-ethyl adjacent to an activating group) is 1. The Morgan fingerprint density at radius 3 is 2.44 bits per heavy atom. The van der Waals surface area contributed by atoms with E-state index in [1.807, 2.05) is 0 Å². The van der Waals surface area contributed by atoms with Crippen LogP contribution in [0.1, 0.15) is 43.0 Å². The van der Waals surface area contributed by atoms with Crippen LogP contribution >= 0.6 is 0 Å². The van der Waals surface area contributed by atoms with Gasteiger partial charge < -0.3 is 5.32 Å². The Morgan fingerprint density at radius 2 is 1.94 bits per heavy atom. The van der Waals surface area contributed by atoms with Gasteiger partial charge in [0.15, 0.2) is 0 Å². The van der Waals surface area contributed by atoms with E-state index in [4.69, 9.17) is 0 Å². The molecule has 1 fully saturated rings. The molecule has 18 heavy (non-hydrogen) atoms. The predicted molar refractivity (Wildman–Crippen MR) is 78.0 cm³/mol. The van der Waals surface area contributed by atoms with Crippen molar-refractivity contribution in [1.29, 1.82) is 0 Å². The van der Waals surface area contributed by atoms with Gasteiger partial charge in [0.2, 0.25) is 0 Å². The van der Waals surface area contributed by atoms with Gasteiger partial charge in [-0.2, -0.15) is 0 Å². The normalized spacial score (nSPS) is 21.5. The fourth-order valence-electron chi connectivity index (χ4n) is 3.21. The number of rotatable bonds is 4. The first-order valence-corrected chi connectivity index (χ1v) is 7.16. The Kier molecular flexibility index (Phi) is 4.41. The van der Waals surface area contributed by atoms with Crippen LogP contribution in [0, 0.1) is 13.8 Å². The lowest BCUT2D eigenvalue weighted by molar-refractivity contribution is 0.162. The molecular formula is C16H26N2. The Morgan fingerprint density at radius 1 is 1.28 bits per heavy atom. The number of hydrogen-bond donors (Lipinski definition) is 1. The van der Waals surface area contributed by atoms with E-state index in [0.29, 0.717) is 12.1 Å². The van der Waals surface area contributed by atoms with E-state index in [9.17, 15) is 0 Å². The van der Waals surface area contributed by atoms with Crippen LogP contribution in [0.25, 0.3) is 0 Å². The molecule has 2 unspecified atom stereocenters. The highest BCUT2D eigenvalue weighted by Crippen LogP contribution is 2.26. The second-order valence-corrected chi connectivity index (χ2v) is 5.57. The van der Waals surface area contributed by atoms with E-state index in [0.717, 1.165) is 13.1 Å². The van der Waals surface area contributed by atoms with Crippen molar-refractivity contribution >= 4 is 0 Å². The van der Waals surface area contributed by atoms with Gasteiger partial charge in [-0.25, -0.2) is 0 Å². The maximum Gasteiger partial charge on any atom is 0.0323 e. The molecule has 1 aromatic rings. The quantitative estimate of drug-likeness (QED) is 0.878. The van der Waals surface area contributed by atoms with Crippen molar-refractivity contribution in [2.75, 3.05) is 19.6 Å². The number of aryl methyl sites for hydroxylation is 2. The minimum Gasteiger partial charge on any atom is -0.315 e. The maximum absolute atomic E-state index is 3.47. The molecule has 100 valence electrons. The highest BCUT2D eigenvalue weighted by atomic mass is 15.2. The lowest BCUT2D eigenvalue weighted by Crippen LogP contribution is -2.38. The van der Waals surface area contributed by atoms with Crippen molar-refractivity contribution in [2.45, 2.75) is 46.2 Å². The molecule has 0 saturated carbocycles. The molecule has 0 radical (unpaired) electrons. The first-order chi connectivity index (χ1) is 8.61. The Hall–Kier alpha value is -0.860. The molecule has 0 bridgehead atoms. The van der Waals surface area contributed by atoms with Gasteiger partial charge in [0.25, 0.3) is 0 Å². The highest BCUT2D eigenvalue weighted by Gasteiger charge is 2.25. The smallest absolute Gasteiger partial charge is 0.0323 e. The van der Waals surface area contributed by atoms with E-state index >= 15 is 0 Å². The monoisotopic (exact) mass is 246 g/mol. The Balaban J connectivity index is 2.19. The molecule has 1 N–H and O–H groups in total. The third-order valence-corrected chi connectivity index (χ3v) is 4.09. The average Bonchev–Trinajstić information content (AvgIpc) is 2.82. The van der Waals surface area contributed by atoms with Crippen molar-refractivity contribution in [1.82, 2.24) is 10.2 Å². The van der Waals surface area contributed by atoms with Gasteiger partial charge in [-0.1, -0.05) is 36.2 Å². The minimum absolute atomic E-state index is 0.512. The van der Waals surface area contributed by atoms with Crippen LogP contribution in [-0.4, -0.2) is 30.6 Å². The lowest BCUT2D eigenvalue weighted by Gasteiger charge is -2.33. The number of benzene rings is 1. The summed E-state index contributed by atoms with van der Waals surface area (Å²) in [6, 6.07) is 8.14. The standard InChI is InChI=1S/C16H26N2/c1-5-18(16-6-7-17-11-16)14(4)15-9-12(2)8-13(3)10-15/h8-10,14,16-17H,5-7,11H2,1-4H3. The van der Waals surface area contributed by atoms with E-state index in [-0.39, 0.29) is 0 Å². The number of nitrogens with one attached hydrogen (secondary N) is 1. The molecule has 1 aliphatic heterocycles. The first kappa shape index (κ1) is 13.6. The average molecular weight is 246 g/mol. The summed E-state index contributed by atoms with van der Waals surface area (Å²) < 4.78 is 0. The molecule has 0 aliphatic carbocycles. The van der Waals surface area contributed by atoms with Gasteiger partial charge >= 0.3 is 0 Å². The first-order valence-electron chi connectivity index (χ1n) is 7.16. The highest BCUT2D eigenvalue weighted by molar-refractivity contribution is 5.30. The fraction of sp³-hybridized carbons (Fsp3) is 0.625. The van der Waals surface area contributed by atoms with Gasteiger partial charge in [-0.3, -0.25) is 4.90 Å². The molecule has 2 heteroatoms. The largest absolute Gasteiger partial charge is 0.315 e. The molecule has 0 aromatic heterocycles. The van der Waals surface area contributed by atoms with Gasteiger partial charge in [0, 0.05) is 18.6 Å². The van der Waals surface area contributed by atoms with Gasteiger partial charge in [0.1, 0.15) is 0 Å². The van der Waals surface area contributed by atoms with Crippen LogP contribution in [0.2, 0.25) is 0 Å². The molecule has 1 saturated heterocycles. The van der Waals surface area contributed by atoms with Crippen molar-refractivity contribution < 1.29 is 0 Å². The molecule has 1 heterocycles. The van der Waals surface area contributed by atoms with Crippen LogP contribution < -0.4 is 5.32 Å². The van der Waals surface area contributed by atoms with Crippen LogP contribution in [0.3, 0.4) is 0 Å². The summed E-state index contributed by atoms with van der Waals surface area (Å²) in [4.78, 5) is 2.63. The summed E-state index contributed by atoms with van der Waals surface area (Å²) in [6.07, 6.45) is 1.28. The second kappa shape index (κ2) is 5.85. The zero-order chi connectivity index (χ0) is 13.1. The molecule has 1 aliphatic rings. The molecule has 0 amide bonds. The maximum atomic E-state index is 3.47. The zero-order valence-electron chi connectivity index (χ0n) is 12.2. The van der Waals surface area contributed by atoms with Crippen molar-refractivity contribution in [2.24, 2.45) is 0 Å². The summed E-state index contributed by atoms with van der Waals surface area (Å²) in [5.74, 6) is 0. The number of hydrogen-bond acceptors (Lipinski definition) is 2. The van der Waals surface area contributed by atoms with Gasteiger partial charge in [-0.15, -0.1) is 0 Å². The zero-order valence-corrected chi connectivity index (χ0v) is 12.2. The van der Waals surface area contributed by atoms with Crippen molar-refractivity contribution in [3.63, 3.8) is 0 Å². The summed E-state index contributed by atoms with van der Waals surface area (Å²) in [5, 5.41) is 3.47. The summed E-state index contributed by atoms with van der Waals surface area (Å²) in [7, 11) is 0. The second-order valence-electron chi connectivity index (χ2n) is 5.57. The van der Waals surface area contributed by atoms with Crippen LogP contribution in [0.5, 0.6) is 0 Å². The molecule has 2 atom stereocenters. The summed E-state index contributed by atoms with van der Waals surface area (Å²) in [5.41, 5.74) is 4.20. The Bertz CT molecular complexity index is 374. The molecule has 2 nitrogen and oxygen atoms in total. The summed E-state index contributed by atoms with van der Waals surface area (Å²) >= 11 is 0. The van der Waals surface area contributed by atoms with Crippen LogP contribution in [-0.2, 0) is 0 Å². The molecule has 2 rings (SSSR count). The Labute approximate surface area is 111 Å². The van der Waals surface area contributed by atoms with E-state index < -0.39 is 0 Å². The molecule has 1 aromatic carbocycles. The topological polar surface area (TPSA) is 15.3 Å². The lowest BCUT2D eigenvalue weighted by atomic mass is 10.00. The minimum atomic E-state index is 0.512. The summed E-state index contributed by atoms with van der Waals surface area (Å²) in [6.45, 7) is 12.4. The SMILES string of the molecule is CCN(C1CCNC1)C(C)c1cc(C)cc(C)c1. The number of nitrogens with zero attached hydrogens (tertiary/aromatic N) is 1. The van der Waals surface area contributed by atoms with Crippen LogP contribution in [0.4, 0.5) is 0 Å². The third-order valence-electron chi connectivity index (χ3n) is 4.09.